The summed E-state index contributed by atoms with van der Waals surface area (Å²) in [5.74, 6) is 0.953. The van der Waals surface area contributed by atoms with Gasteiger partial charge in [-0.3, -0.25) is 4.79 Å². The normalized spacial score (nSPS) is 13.8. The fraction of sp³-hybridized carbons (Fsp3) is 0.200. The van der Waals surface area contributed by atoms with Crippen molar-refractivity contribution in [1.29, 1.82) is 0 Å². The van der Waals surface area contributed by atoms with Crippen molar-refractivity contribution in [2.45, 2.75) is 25.9 Å². The Morgan fingerprint density at radius 2 is 1.91 bits per heavy atom. The second-order valence-electron chi connectivity index (χ2n) is 5.88. The highest BCUT2D eigenvalue weighted by atomic mass is 16.5. The third-order valence-electron chi connectivity index (χ3n) is 4.27. The first-order chi connectivity index (χ1) is 11.3. The number of benzene rings is 2. The summed E-state index contributed by atoms with van der Waals surface area (Å²) in [5, 5.41) is 1.12. The standard InChI is InChI=1S/C20H17NO2/c22-20-7-3-5-14-9-11-17(12-18(14)20)23-13-16-10-8-15-4-1-2-6-19(15)21-16/h1-2,4,6,8-12H,3,5,7,13H2. The van der Waals surface area contributed by atoms with Gasteiger partial charge in [0.05, 0.1) is 11.2 Å². The zero-order chi connectivity index (χ0) is 15.6. The maximum Gasteiger partial charge on any atom is 0.163 e. The van der Waals surface area contributed by atoms with E-state index < -0.39 is 0 Å². The highest BCUT2D eigenvalue weighted by Crippen LogP contribution is 2.26. The Balaban J connectivity index is 1.54. The molecule has 0 saturated carbocycles. The topological polar surface area (TPSA) is 39.2 Å². The molecule has 3 nitrogen and oxygen atoms in total. The van der Waals surface area contributed by atoms with Crippen LogP contribution in [0.4, 0.5) is 0 Å². The van der Waals surface area contributed by atoms with Gasteiger partial charge < -0.3 is 4.74 Å². The molecular formula is C20H17NO2. The molecule has 23 heavy (non-hydrogen) atoms. The molecule has 2 aromatic carbocycles. The van der Waals surface area contributed by atoms with Crippen LogP contribution in [0.25, 0.3) is 10.9 Å². The number of fused-ring (bicyclic) bond motifs is 2. The maximum atomic E-state index is 12.0. The van der Waals surface area contributed by atoms with E-state index in [4.69, 9.17) is 4.74 Å². The molecule has 0 atom stereocenters. The number of Topliss-reactive ketones (excluding diaryl/α,β-unsaturated/α-hetero) is 1. The largest absolute Gasteiger partial charge is 0.487 e. The lowest BCUT2D eigenvalue weighted by molar-refractivity contribution is 0.0972. The third-order valence-corrected chi connectivity index (χ3v) is 4.27. The molecular weight excluding hydrogens is 286 g/mol. The molecule has 0 bridgehead atoms. The van der Waals surface area contributed by atoms with Gasteiger partial charge in [-0.2, -0.15) is 0 Å². The van der Waals surface area contributed by atoms with Crippen LogP contribution in [-0.2, 0) is 13.0 Å². The molecule has 3 heteroatoms. The zero-order valence-electron chi connectivity index (χ0n) is 12.8. The van der Waals surface area contributed by atoms with Gasteiger partial charge >= 0.3 is 0 Å². The second kappa shape index (κ2) is 5.84. The SMILES string of the molecule is O=C1CCCc2ccc(OCc3ccc4ccccc4n3)cc21. The molecule has 1 aromatic heterocycles. The van der Waals surface area contributed by atoms with E-state index in [0.717, 1.165) is 46.3 Å². The van der Waals surface area contributed by atoms with Crippen LogP contribution in [0.15, 0.2) is 54.6 Å². The number of ketones is 1. The average Bonchev–Trinajstić information content (AvgIpc) is 2.60. The number of hydrogen-bond acceptors (Lipinski definition) is 3. The molecule has 0 radical (unpaired) electrons. The van der Waals surface area contributed by atoms with Crippen LogP contribution in [0.2, 0.25) is 0 Å². The molecule has 1 aliphatic rings. The van der Waals surface area contributed by atoms with Crippen LogP contribution in [0.3, 0.4) is 0 Å². The first-order valence-corrected chi connectivity index (χ1v) is 7.93. The van der Waals surface area contributed by atoms with Gasteiger partial charge in [-0.05, 0) is 42.7 Å². The summed E-state index contributed by atoms with van der Waals surface area (Å²) in [6.07, 6.45) is 2.57. The summed E-state index contributed by atoms with van der Waals surface area (Å²) >= 11 is 0. The Kier molecular flexibility index (Phi) is 3.54. The van der Waals surface area contributed by atoms with E-state index in [1.54, 1.807) is 0 Å². The average molecular weight is 303 g/mol. The molecule has 0 fully saturated rings. The van der Waals surface area contributed by atoms with Crippen LogP contribution >= 0.6 is 0 Å². The molecule has 3 aromatic rings. The molecule has 114 valence electrons. The zero-order valence-corrected chi connectivity index (χ0v) is 12.8. The summed E-state index contributed by atoms with van der Waals surface area (Å²) in [4.78, 5) is 16.6. The van der Waals surface area contributed by atoms with E-state index in [9.17, 15) is 4.79 Å². The van der Waals surface area contributed by atoms with E-state index in [-0.39, 0.29) is 5.78 Å². The summed E-state index contributed by atoms with van der Waals surface area (Å²) in [7, 11) is 0. The van der Waals surface area contributed by atoms with Crippen molar-refractivity contribution in [3.63, 3.8) is 0 Å². The van der Waals surface area contributed by atoms with Gasteiger partial charge in [-0.1, -0.05) is 30.3 Å². The monoisotopic (exact) mass is 303 g/mol. The molecule has 1 heterocycles. The van der Waals surface area contributed by atoms with Crippen molar-refractivity contribution in [1.82, 2.24) is 4.98 Å². The van der Waals surface area contributed by atoms with Crippen LogP contribution < -0.4 is 4.74 Å². The first-order valence-electron chi connectivity index (χ1n) is 7.93. The van der Waals surface area contributed by atoms with Crippen molar-refractivity contribution in [3.05, 3.63) is 71.4 Å². The van der Waals surface area contributed by atoms with Gasteiger partial charge in [-0.15, -0.1) is 0 Å². The summed E-state index contributed by atoms with van der Waals surface area (Å²) in [5.41, 5.74) is 3.81. The highest BCUT2D eigenvalue weighted by molar-refractivity contribution is 5.98. The molecule has 0 N–H and O–H groups in total. The fourth-order valence-electron chi connectivity index (χ4n) is 3.04. The lowest BCUT2D eigenvalue weighted by atomic mass is 9.90. The maximum absolute atomic E-state index is 12.0. The summed E-state index contributed by atoms with van der Waals surface area (Å²) < 4.78 is 5.84. The van der Waals surface area contributed by atoms with Crippen LogP contribution in [0.5, 0.6) is 5.75 Å². The number of nitrogens with zero attached hydrogens (tertiary/aromatic N) is 1. The smallest absolute Gasteiger partial charge is 0.163 e. The number of aryl methyl sites for hydroxylation is 1. The second-order valence-corrected chi connectivity index (χ2v) is 5.88. The Hall–Kier alpha value is -2.68. The number of pyridine rings is 1. The number of rotatable bonds is 3. The van der Waals surface area contributed by atoms with Crippen LogP contribution in [0, 0.1) is 0 Å². The van der Waals surface area contributed by atoms with E-state index in [1.165, 1.54) is 0 Å². The van der Waals surface area contributed by atoms with Crippen molar-refractivity contribution in [2.75, 3.05) is 0 Å². The molecule has 0 unspecified atom stereocenters. The minimum atomic E-state index is 0.223. The Labute approximate surface area is 134 Å². The van der Waals surface area contributed by atoms with Crippen molar-refractivity contribution in [3.8, 4) is 5.75 Å². The Morgan fingerprint density at radius 1 is 1.00 bits per heavy atom. The molecule has 0 amide bonds. The fourth-order valence-corrected chi connectivity index (χ4v) is 3.04. The quantitative estimate of drug-likeness (QED) is 0.723. The lowest BCUT2D eigenvalue weighted by Crippen LogP contribution is -2.11. The predicted molar refractivity (Wildman–Crippen MR) is 89.8 cm³/mol. The minimum Gasteiger partial charge on any atom is -0.487 e. The first kappa shape index (κ1) is 13.9. The molecule has 0 aliphatic heterocycles. The van der Waals surface area contributed by atoms with E-state index in [2.05, 4.69) is 11.1 Å². The Bertz CT molecular complexity index is 886. The molecule has 0 spiro atoms. The Morgan fingerprint density at radius 3 is 2.87 bits per heavy atom. The number of ether oxygens (including phenoxy) is 1. The molecule has 4 rings (SSSR count). The predicted octanol–water partition coefficient (Wildman–Crippen LogP) is 4.33. The van der Waals surface area contributed by atoms with Crippen molar-refractivity contribution >= 4 is 16.7 Å². The van der Waals surface area contributed by atoms with E-state index in [1.807, 2.05) is 48.5 Å². The number of hydrogen-bond donors (Lipinski definition) is 0. The van der Waals surface area contributed by atoms with Crippen molar-refractivity contribution in [2.24, 2.45) is 0 Å². The minimum absolute atomic E-state index is 0.223. The van der Waals surface area contributed by atoms with Gasteiger partial charge in [0, 0.05) is 17.4 Å². The van der Waals surface area contributed by atoms with Gasteiger partial charge in [-0.25, -0.2) is 4.98 Å². The molecule has 0 saturated heterocycles. The van der Waals surface area contributed by atoms with Crippen LogP contribution in [0.1, 0.15) is 34.5 Å². The lowest BCUT2D eigenvalue weighted by Gasteiger charge is -2.16. The van der Waals surface area contributed by atoms with Gasteiger partial charge in [0.15, 0.2) is 5.78 Å². The van der Waals surface area contributed by atoms with Gasteiger partial charge in [0.25, 0.3) is 0 Å². The van der Waals surface area contributed by atoms with Crippen LogP contribution in [-0.4, -0.2) is 10.8 Å². The number of carbonyl (C=O) groups excluding carboxylic acids is 1. The number of para-hydroxylation sites is 1. The van der Waals surface area contributed by atoms with Gasteiger partial charge in [0.1, 0.15) is 12.4 Å². The van der Waals surface area contributed by atoms with E-state index >= 15 is 0 Å². The van der Waals surface area contributed by atoms with E-state index in [0.29, 0.717) is 13.0 Å². The van der Waals surface area contributed by atoms with Crippen molar-refractivity contribution < 1.29 is 9.53 Å². The number of carbonyl (C=O) groups is 1. The summed E-state index contributed by atoms with van der Waals surface area (Å²) in [6.45, 7) is 0.401. The summed E-state index contributed by atoms with van der Waals surface area (Å²) in [6, 6.07) is 17.9. The third kappa shape index (κ3) is 2.82. The number of aromatic nitrogens is 1. The molecule has 1 aliphatic carbocycles. The highest BCUT2D eigenvalue weighted by Gasteiger charge is 2.17. The van der Waals surface area contributed by atoms with Gasteiger partial charge in [0.2, 0.25) is 0 Å².